The number of amides is 1. The van der Waals surface area contributed by atoms with Gasteiger partial charge in [0.15, 0.2) is 5.43 Å². The van der Waals surface area contributed by atoms with Gasteiger partial charge in [-0.3, -0.25) is 9.59 Å². The molecule has 1 amide bonds. The van der Waals surface area contributed by atoms with E-state index in [0.717, 1.165) is 28.5 Å². The highest BCUT2D eigenvalue weighted by atomic mass is 16.2. The van der Waals surface area contributed by atoms with Gasteiger partial charge in [0.05, 0.1) is 11.1 Å². The first kappa shape index (κ1) is 18.6. The van der Waals surface area contributed by atoms with E-state index < -0.39 is 0 Å². The minimum atomic E-state index is -0.0718. The lowest BCUT2D eigenvalue weighted by atomic mass is 9.98. The Morgan fingerprint density at radius 2 is 1.81 bits per heavy atom. The van der Waals surface area contributed by atoms with Crippen LogP contribution in [0.4, 0.5) is 0 Å². The van der Waals surface area contributed by atoms with Crippen molar-refractivity contribution in [3.05, 3.63) is 94.4 Å². The molecular weight excluding hydrogens is 400 g/mol. The molecule has 6 nitrogen and oxygen atoms in total. The zero-order chi connectivity index (χ0) is 21.7. The van der Waals surface area contributed by atoms with Crippen LogP contribution in [0.2, 0.25) is 0 Å². The molecule has 6 heteroatoms. The molecule has 2 aromatic carbocycles. The summed E-state index contributed by atoms with van der Waals surface area (Å²) in [6.07, 6.45) is 6.63. The molecule has 2 N–H and O–H groups in total. The van der Waals surface area contributed by atoms with Crippen molar-refractivity contribution in [2.75, 3.05) is 13.1 Å². The van der Waals surface area contributed by atoms with Crippen molar-refractivity contribution >= 4 is 44.3 Å². The fourth-order valence-electron chi connectivity index (χ4n) is 4.61. The quantitative estimate of drug-likeness (QED) is 0.413. The van der Waals surface area contributed by atoms with Gasteiger partial charge in [-0.1, -0.05) is 24.3 Å². The van der Waals surface area contributed by atoms with E-state index in [1.165, 1.54) is 5.57 Å². The lowest BCUT2D eigenvalue weighted by Crippen LogP contribution is -2.35. The number of carbonyl (C=O) groups excluding carboxylic acids is 1. The Kier molecular flexibility index (Phi) is 4.18. The van der Waals surface area contributed by atoms with Crippen LogP contribution in [-0.2, 0) is 0 Å². The second-order valence-electron chi connectivity index (χ2n) is 8.06. The maximum Gasteiger partial charge on any atom is 0.256 e. The van der Waals surface area contributed by atoms with Crippen molar-refractivity contribution in [2.24, 2.45) is 0 Å². The van der Waals surface area contributed by atoms with Gasteiger partial charge in [0.1, 0.15) is 5.65 Å². The summed E-state index contributed by atoms with van der Waals surface area (Å²) in [5, 5.41) is 2.26. The molecule has 0 bridgehead atoms. The fraction of sp³-hybridized carbons (Fsp3) is 0.115. The predicted octanol–water partition coefficient (Wildman–Crippen LogP) is 4.49. The van der Waals surface area contributed by atoms with Crippen molar-refractivity contribution < 1.29 is 4.79 Å². The van der Waals surface area contributed by atoms with Gasteiger partial charge < -0.3 is 14.9 Å². The maximum atomic E-state index is 13.4. The molecule has 0 radical (unpaired) electrons. The van der Waals surface area contributed by atoms with E-state index in [1.807, 2.05) is 35.4 Å². The van der Waals surface area contributed by atoms with Crippen molar-refractivity contribution in [3.8, 4) is 0 Å². The highest BCUT2D eigenvalue weighted by Crippen LogP contribution is 2.29. The average molecular weight is 420 g/mol. The summed E-state index contributed by atoms with van der Waals surface area (Å²) in [5.41, 5.74) is 5.02. The zero-order valence-electron chi connectivity index (χ0n) is 17.3. The Labute approximate surface area is 183 Å². The summed E-state index contributed by atoms with van der Waals surface area (Å²) in [7, 11) is 0. The van der Waals surface area contributed by atoms with E-state index in [0.29, 0.717) is 34.9 Å². The summed E-state index contributed by atoms with van der Waals surface area (Å²) < 4.78 is 0. The Morgan fingerprint density at radius 3 is 2.69 bits per heavy atom. The number of pyridine rings is 2. The van der Waals surface area contributed by atoms with E-state index >= 15 is 0 Å². The third kappa shape index (κ3) is 2.84. The van der Waals surface area contributed by atoms with E-state index in [-0.39, 0.29) is 11.3 Å². The largest absolute Gasteiger partial charge is 0.354 e. The molecule has 0 fully saturated rings. The van der Waals surface area contributed by atoms with Gasteiger partial charge in [-0.15, -0.1) is 0 Å². The van der Waals surface area contributed by atoms with Crippen molar-refractivity contribution in [1.82, 2.24) is 19.9 Å². The Bertz CT molecular complexity index is 1610. The molecule has 1 aliphatic rings. The summed E-state index contributed by atoms with van der Waals surface area (Å²) in [5.74, 6) is -0.0718. The number of carbonyl (C=O) groups is 1. The Balaban J connectivity index is 1.36. The maximum absolute atomic E-state index is 13.4. The van der Waals surface area contributed by atoms with Gasteiger partial charge >= 0.3 is 0 Å². The molecule has 0 unspecified atom stereocenters. The second-order valence-corrected chi connectivity index (χ2v) is 8.06. The first-order chi connectivity index (χ1) is 15.7. The van der Waals surface area contributed by atoms with Crippen LogP contribution in [0.25, 0.3) is 38.4 Å². The molecule has 4 heterocycles. The summed E-state index contributed by atoms with van der Waals surface area (Å²) in [4.78, 5) is 39.1. The van der Waals surface area contributed by atoms with E-state index in [4.69, 9.17) is 0 Å². The molecule has 0 saturated carbocycles. The SMILES string of the molecule is O=C(c1cccc2c(=O)c3ccccc3[nH]c12)N1CC=C(c2c[nH]c3ncccc23)CC1. The van der Waals surface area contributed by atoms with Crippen LogP contribution in [0.3, 0.4) is 0 Å². The number of nitrogens with zero attached hydrogens (tertiary/aromatic N) is 2. The summed E-state index contributed by atoms with van der Waals surface area (Å²) >= 11 is 0. The molecule has 5 aromatic rings. The fourth-order valence-corrected chi connectivity index (χ4v) is 4.61. The molecule has 3 aromatic heterocycles. The normalized spacial score (nSPS) is 14.2. The van der Waals surface area contributed by atoms with Gasteiger partial charge in [0.2, 0.25) is 0 Å². The van der Waals surface area contributed by atoms with Crippen LogP contribution in [0.5, 0.6) is 0 Å². The number of hydrogen-bond acceptors (Lipinski definition) is 3. The summed E-state index contributed by atoms with van der Waals surface area (Å²) in [6.45, 7) is 1.14. The summed E-state index contributed by atoms with van der Waals surface area (Å²) in [6, 6.07) is 16.7. The Hall–Kier alpha value is -4.19. The molecule has 0 aliphatic carbocycles. The zero-order valence-corrected chi connectivity index (χ0v) is 17.3. The number of fused-ring (bicyclic) bond motifs is 3. The van der Waals surface area contributed by atoms with E-state index in [9.17, 15) is 9.59 Å². The van der Waals surface area contributed by atoms with Gasteiger partial charge in [-0.2, -0.15) is 0 Å². The smallest absolute Gasteiger partial charge is 0.256 e. The molecular formula is C26H20N4O2. The molecule has 0 atom stereocenters. The predicted molar refractivity (Wildman–Crippen MR) is 127 cm³/mol. The lowest BCUT2D eigenvalue weighted by molar-refractivity contribution is 0.0774. The van der Waals surface area contributed by atoms with Crippen molar-refractivity contribution in [2.45, 2.75) is 6.42 Å². The Morgan fingerprint density at radius 1 is 0.969 bits per heavy atom. The van der Waals surface area contributed by atoms with Gasteiger partial charge in [0.25, 0.3) is 5.91 Å². The second kappa shape index (κ2) is 7.20. The third-order valence-corrected chi connectivity index (χ3v) is 6.26. The number of aromatic nitrogens is 3. The van der Waals surface area contributed by atoms with Gasteiger partial charge in [0, 0.05) is 52.7 Å². The van der Waals surface area contributed by atoms with Gasteiger partial charge in [-0.05, 0) is 48.4 Å². The number of nitrogens with one attached hydrogen (secondary N) is 2. The number of aromatic amines is 2. The molecule has 156 valence electrons. The number of benzene rings is 2. The van der Waals surface area contributed by atoms with Gasteiger partial charge in [-0.25, -0.2) is 4.98 Å². The standard InChI is InChI=1S/C26H20N4O2/c31-24-18-5-1-2-9-22(18)29-23-19(24)6-3-7-20(23)26(32)30-13-10-16(11-14-30)21-15-28-25-17(21)8-4-12-27-25/h1-10,12,15H,11,13-14H2,(H,27,28)(H,29,31). The van der Waals surface area contributed by atoms with Crippen LogP contribution >= 0.6 is 0 Å². The first-order valence-electron chi connectivity index (χ1n) is 10.7. The minimum Gasteiger partial charge on any atom is -0.354 e. The minimum absolute atomic E-state index is 0.0576. The van der Waals surface area contributed by atoms with Crippen molar-refractivity contribution in [3.63, 3.8) is 0 Å². The molecule has 0 spiro atoms. The van der Waals surface area contributed by atoms with Crippen LogP contribution in [0.15, 0.2) is 77.9 Å². The first-order valence-corrected chi connectivity index (χ1v) is 10.7. The highest BCUT2D eigenvalue weighted by Gasteiger charge is 2.23. The number of rotatable bonds is 2. The average Bonchev–Trinajstić information content (AvgIpc) is 3.28. The molecule has 0 saturated heterocycles. The monoisotopic (exact) mass is 420 g/mol. The lowest BCUT2D eigenvalue weighted by Gasteiger charge is -2.27. The highest BCUT2D eigenvalue weighted by molar-refractivity contribution is 6.08. The molecule has 32 heavy (non-hydrogen) atoms. The number of hydrogen-bond donors (Lipinski definition) is 2. The van der Waals surface area contributed by atoms with Crippen LogP contribution < -0.4 is 5.43 Å². The van der Waals surface area contributed by atoms with E-state index in [1.54, 1.807) is 30.5 Å². The number of H-pyrrole nitrogens is 2. The van der Waals surface area contributed by atoms with Crippen LogP contribution in [0, 0.1) is 0 Å². The number of para-hydroxylation sites is 2. The third-order valence-electron chi connectivity index (χ3n) is 6.26. The molecule has 1 aliphatic heterocycles. The molecule has 6 rings (SSSR count). The van der Waals surface area contributed by atoms with Crippen molar-refractivity contribution in [1.29, 1.82) is 0 Å². The van der Waals surface area contributed by atoms with E-state index in [2.05, 4.69) is 27.1 Å². The topological polar surface area (TPSA) is 81.9 Å². The van der Waals surface area contributed by atoms with Crippen LogP contribution in [0.1, 0.15) is 22.3 Å². The van der Waals surface area contributed by atoms with Crippen LogP contribution in [-0.4, -0.2) is 38.8 Å².